The van der Waals surface area contributed by atoms with Gasteiger partial charge in [-0.25, -0.2) is 4.98 Å². The molecule has 11 heteroatoms. The predicted octanol–water partition coefficient (Wildman–Crippen LogP) is 2.95. The fraction of sp³-hybridized carbons (Fsp3) is 0.100. The molecule has 0 saturated carbocycles. The molecule has 0 bridgehead atoms. The summed E-state index contributed by atoms with van der Waals surface area (Å²) in [6.45, 7) is 0. The third-order valence-corrected chi connectivity index (χ3v) is 4.01. The van der Waals surface area contributed by atoms with E-state index in [1.807, 2.05) is 21.2 Å². The first-order chi connectivity index (χ1) is 9.76. The molecule has 0 unspecified atom stereocenters. The van der Waals surface area contributed by atoms with Crippen LogP contribution in [-0.4, -0.2) is 23.3 Å². The van der Waals surface area contributed by atoms with Crippen LogP contribution in [0.5, 0.6) is 5.75 Å². The van der Waals surface area contributed by atoms with Gasteiger partial charge < -0.3 is 4.18 Å². The molecule has 2 heterocycles. The van der Waals surface area contributed by atoms with Gasteiger partial charge in [0.1, 0.15) is 5.69 Å². The summed E-state index contributed by atoms with van der Waals surface area (Å²) in [6, 6.07) is 2.41. The summed E-state index contributed by atoms with van der Waals surface area (Å²) < 4.78 is 64.5. The minimum Gasteiger partial charge on any atom is -0.372 e. The fourth-order valence-corrected chi connectivity index (χ4v) is 2.31. The highest BCUT2D eigenvalue weighted by atomic mass is 127. The number of rotatable bonds is 2. The van der Waals surface area contributed by atoms with E-state index < -0.39 is 21.4 Å². The lowest BCUT2D eigenvalue weighted by Gasteiger charge is -2.09. The molecular formula is C10H4F3IN2O3S2. The van der Waals surface area contributed by atoms with Crippen LogP contribution in [0.15, 0.2) is 24.5 Å². The van der Waals surface area contributed by atoms with Gasteiger partial charge in [-0.2, -0.15) is 21.6 Å². The number of imidazole rings is 1. The largest absolute Gasteiger partial charge is 0.534 e. The SMILES string of the molecule is O=S(=O)(Oc1cccn2c(C#CSI)cnc12)C(F)(F)F. The molecule has 0 atom stereocenters. The van der Waals surface area contributed by atoms with E-state index in [2.05, 4.69) is 20.3 Å². The molecule has 0 N–H and O–H groups in total. The maximum atomic E-state index is 12.3. The van der Waals surface area contributed by atoms with E-state index in [-0.39, 0.29) is 5.65 Å². The Balaban J connectivity index is 2.50. The van der Waals surface area contributed by atoms with E-state index in [9.17, 15) is 21.6 Å². The summed E-state index contributed by atoms with van der Waals surface area (Å²) >= 11 is 1.95. The lowest BCUT2D eigenvalue weighted by atomic mass is 10.4. The molecule has 0 spiro atoms. The van der Waals surface area contributed by atoms with Gasteiger partial charge in [-0.1, -0.05) is 0 Å². The Morgan fingerprint density at radius 1 is 1.43 bits per heavy atom. The van der Waals surface area contributed by atoms with Gasteiger partial charge in [0.05, 0.1) is 6.20 Å². The van der Waals surface area contributed by atoms with Crippen LogP contribution in [0, 0.1) is 11.2 Å². The van der Waals surface area contributed by atoms with Gasteiger partial charge in [0.15, 0.2) is 11.4 Å². The van der Waals surface area contributed by atoms with Gasteiger partial charge in [0.25, 0.3) is 0 Å². The number of aromatic nitrogens is 2. The summed E-state index contributed by atoms with van der Waals surface area (Å²) in [7, 11) is -4.53. The van der Waals surface area contributed by atoms with Crippen LogP contribution >= 0.6 is 30.1 Å². The smallest absolute Gasteiger partial charge is 0.372 e. The average Bonchev–Trinajstić information content (AvgIpc) is 2.79. The highest BCUT2D eigenvalue weighted by molar-refractivity contribution is 14.2. The third kappa shape index (κ3) is 3.38. The Kier molecular flexibility index (Phi) is 4.59. The Morgan fingerprint density at radius 3 is 2.76 bits per heavy atom. The molecule has 0 radical (unpaired) electrons. The van der Waals surface area contributed by atoms with Crippen molar-refractivity contribution < 1.29 is 25.8 Å². The summed E-state index contributed by atoms with van der Waals surface area (Å²) in [5.74, 6) is 2.19. The third-order valence-electron chi connectivity index (χ3n) is 2.20. The second kappa shape index (κ2) is 5.93. The first-order valence-corrected chi connectivity index (χ1v) is 9.78. The van der Waals surface area contributed by atoms with E-state index in [0.29, 0.717) is 5.69 Å². The molecule has 2 aromatic heterocycles. The molecule has 0 saturated heterocycles. The second-order valence-corrected chi connectivity index (χ2v) is 6.71. The fourth-order valence-electron chi connectivity index (χ4n) is 1.38. The van der Waals surface area contributed by atoms with Crippen LogP contribution in [0.25, 0.3) is 5.65 Å². The molecule has 0 fully saturated rings. The predicted molar refractivity (Wildman–Crippen MR) is 79.3 cm³/mol. The van der Waals surface area contributed by atoms with Crippen molar-refractivity contribution in [2.24, 2.45) is 0 Å². The zero-order valence-corrected chi connectivity index (χ0v) is 13.5. The number of pyridine rings is 1. The van der Waals surface area contributed by atoms with Crippen molar-refractivity contribution in [3.8, 4) is 16.9 Å². The monoisotopic (exact) mass is 448 g/mol. The van der Waals surface area contributed by atoms with Crippen molar-refractivity contribution in [2.75, 3.05) is 0 Å². The van der Waals surface area contributed by atoms with Crippen molar-refractivity contribution >= 4 is 45.9 Å². The van der Waals surface area contributed by atoms with E-state index in [0.717, 1.165) is 6.07 Å². The van der Waals surface area contributed by atoms with Gasteiger partial charge in [-0.05, 0) is 32.2 Å². The van der Waals surface area contributed by atoms with Crippen LogP contribution < -0.4 is 4.18 Å². The Bertz CT molecular complexity index is 837. The highest BCUT2D eigenvalue weighted by Gasteiger charge is 2.48. The number of alkyl halides is 3. The molecule has 0 aliphatic rings. The first-order valence-electron chi connectivity index (χ1n) is 5.01. The van der Waals surface area contributed by atoms with Crippen molar-refractivity contribution in [1.29, 1.82) is 0 Å². The number of nitrogens with zero attached hydrogens (tertiary/aromatic N) is 2. The Hall–Kier alpha value is -1.13. The molecule has 0 amide bonds. The number of hydrogen-bond donors (Lipinski definition) is 0. The van der Waals surface area contributed by atoms with Gasteiger partial charge in [0.2, 0.25) is 0 Å². The van der Waals surface area contributed by atoms with Gasteiger partial charge in [-0.3, -0.25) is 4.40 Å². The molecule has 0 aliphatic heterocycles. The lowest BCUT2D eigenvalue weighted by molar-refractivity contribution is -0.0499. The van der Waals surface area contributed by atoms with Crippen molar-refractivity contribution in [2.45, 2.75) is 5.51 Å². The summed E-state index contributed by atoms with van der Waals surface area (Å²) in [6.07, 6.45) is 2.79. The van der Waals surface area contributed by atoms with Crippen molar-refractivity contribution in [3.63, 3.8) is 0 Å². The zero-order valence-electron chi connectivity index (χ0n) is 9.76. The van der Waals surface area contributed by atoms with Crippen LogP contribution in [0.2, 0.25) is 0 Å². The minimum atomic E-state index is -5.74. The number of hydrogen-bond acceptors (Lipinski definition) is 5. The van der Waals surface area contributed by atoms with Gasteiger partial charge >= 0.3 is 15.6 Å². The lowest BCUT2D eigenvalue weighted by Crippen LogP contribution is -2.28. The molecule has 2 rings (SSSR count). The molecular weight excluding hydrogens is 444 g/mol. The summed E-state index contributed by atoms with van der Waals surface area (Å²) in [5.41, 5.74) is -5.19. The zero-order chi connectivity index (χ0) is 15.7. The number of halogens is 4. The van der Waals surface area contributed by atoms with Crippen LogP contribution in [0.3, 0.4) is 0 Å². The van der Waals surface area contributed by atoms with Gasteiger partial charge in [0, 0.05) is 27.4 Å². The maximum Gasteiger partial charge on any atom is 0.534 e. The van der Waals surface area contributed by atoms with Crippen molar-refractivity contribution in [1.82, 2.24) is 9.38 Å². The minimum absolute atomic E-state index is 0.0758. The van der Waals surface area contributed by atoms with E-state index in [1.54, 1.807) is 0 Å². The Morgan fingerprint density at radius 2 is 2.14 bits per heavy atom. The quantitative estimate of drug-likeness (QED) is 0.306. The van der Waals surface area contributed by atoms with E-state index in [1.165, 1.54) is 31.8 Å². The summed E-state index contributed by atoms with van der Waals surface area (Å²) in [4.78, 5) is 3.83. The first kappa shape index (κ1) is 16.2. The van der Waals surface area contributed by atoms with E-state index in [4.69, 9.17) is 0 Å². The molecule has 112 valence electrons. The Labute approximate surface area is 133 Å². The molecule has 21 heavy (non-hydrogen) atoms. The van der Waals surface area contributed by atoms with Gasteiger partial charge in [-0.15, -0.1) is 0 Å². The van der Waals surface area contributed by atoms with Crippen LogP contribution in [-0.2, 0) is 10.1 Å². The second-order valence-electron chi connectivity index (χ2n) is 3.50. The standard InChI is InChI=1S/C10H4F3IN2O3S2/c11-10(12,13)21(17,18)19-8-2-1-4-16-7(3-5-20-14)6-15-9(8)16/h1-2,4,6H. The maximum absolute atomic E-state index is 12.3. The molecule has 2 aromatic rings. The number of fused-ring (bicyclic) bond motifs is 1. The topological polar surface area (TPSA) is 60.7 Å². The molecule has 0 aliphatic carbocycles. The van der Waals surface area contributed by atoms with Crippen LogP contribution in [0.1, 0.15) is 5.69 Å². The van der Waals surface area contributed by atoms with E-state index >= 15 is 0 Å². The van der Waals surface area contributed by atoms with Crippen molar-refractivity contribution in [3.05, 3.63) is 30.2 Å². The molecule has 5 nitrogen and oxygen atoms in total. The average molecular weight is 448 g/mol. The normalized spacial score (nSPS) is 12.0. The highest BCUT2D eigenvalue weighted by Crippen LogP contribution is 2.29. The van der Waals surface area contributed by atoms with Crippen LogP contribution in [0.4, 0.5) is 13.2 Å². The summed E-state index contributed by atoms with van der Waals surface area (Å²) in [5, 5.41) is 2.69. The molecule has 0 aromatic carbocycles.